The van der Waals surface area contributed by atoms with Gasteiger partial charge in [0.1, 0.15) is 5.82 Å². The van der Waals surface area contributed by atoms with Crippen molar-refractivity contribution in [1.29, 1.82) is 0 Å². The first-order chi connectivity index (χ1) is 9.16. The van der Waals surface area contributed by atoms with Crippen LogP contribution in [0.5, 0.6) is 0 Å². The molecule has 0 spiro atoms. The first-order valence-electron chi connectivity index (χ1n) is 6.10. The van der Waals surface area contributed by atoms with Crippen molar-refractivity contribution in [2.75, 3.05) is 0 Å². The highest BCUT2D eigenvalue weighted by atomic mass is 19.1. The number of nitrogens with zero attached hydrogens (tertiary/aromatic N) is 1. The molecular weight excluding hydrogens is 243 g/mol. The summed E-state index contributed by atoms with van der Waals surface area (Å²) in [4.78, 5) is 16.0. The minimum absolute atomic E-state index is 0.0316. The van der Waals surface area contributed by atoms with Crippen LogP contribution >= 0.6 is 0 Å². The Morgan fingerprint density at radius 3 is 2.68 bits per heavy atom. The molecule has 2 rings (SSSR count). The fourth-order valence-corrected chi connectivity index (χ4v) is 1.81. The van der Waals surface area contributed by atoms with Gasteiger partial charge in [0, 0.05) is 6.20 Å². The lowest BCUT2D eigenvalue weighted by Crippen LogP contribution is -2.28. The third kappa shape index (κ3) is 3.61. The van der Waals surface area contributed by atoms with E-state index in [0.717, 1.165) is 5.69 Å². The summed E-state index contributed by atoms with van der Waals surface area (Å²) in [5.41, 5.74) is 1.18. The van der Waals surface area contributed by atoms with Gasteiger partial charge in [0.25, 0.3) is 0 Å². The number of amides is 1. The molecule has 0 saturated carbocycles. The maximum Gasteiger partial charge on any atom is 0.225 e. The van der Waals surface area contributed by atoms with Crippen LogP contribution in [0.15, 0.2) is 48.7 Å². The molecule has 1 amide bonds. The van der Waals surface area contributed by atoms with Crippen LogP contribution in [0.3, 0.4) is 0 Å². The Balaban J connectivity index is 1.97. The van der Waals surface area contributed by atoms with Crippen molar-refractivity contribution >= 4 is 5.91 Å². The maximum absolute atomic E-state index is 13.4. The summed E-state index contributed by atoms with van der Waals surface area (Å²) in [5, 5.41) is 2.80. The highest BCUT2D eigenvalue weighted by Crippen LogP contribution is 2.10. The van der Waals surface area contributed by atoms with Crippen LogP contribution in [0.2, 0.25) is 0 Å². The van der Waals surface area contributed by atoms with Gasteiger partial charge in [0.2, 0.25) is 5.91 Å². The number of pyridine rings is 1. The molecule has 98 valence electrons. The lowest BCUT2D eigenvalue weighted by atomic mass is 10.1. The van der Waals surface area contributed by atoms with E-state index in [2.05, 4.69) is 10.3 Å². The number of hydrogen-bond acceptors (Lipinski definition) is 2. The molecule has 19 heavy (non-hydrogen) atoms. The zero-order valence-electron chi connectivity index (χ0n) is 10.6. The Morgan fingerprint density at radius 1 is 1.26 bits per heavy atom. The van der Waals surface area contributed by atoms with Gasteiger partial charge < -0.3 is 5.32 Å². The van der Waals surface area contributed by atoms with E-state index in [1.807, 2.05) is 25.1 Å². The molecule has 1 aromatic carbocycles. The number of carbonyl (C=O) groups excluding carboxylic acids is 1. The van der Waals surface area contributed by atoms with Crippen LogP contribution in [-0.2, 0) is 11.2 Å². The topological polar surface area (TPSA) is 42.0 Å². The van der Waals surface area contributed by atoms with Gasteiger partial charge in [-0.2, -0.15) is 0 Å². The van der Waals surface area contributed by atoms with E-state index in [1.165, 1.54) is 6.07 Å². The molecule has 0 aliphatic carbocycles. The van der Waals surface area contributed by atoms with E-state index >= 15 is 0 Å². The van der Waals surface area contributed by atoms with Gasteiger partial charge in [-0.25, -0.2) is 4.39 Å². The zero-order chi connectivity index (χ0) is 13.7. The van der Waals surface area contributed by atoms with Gasteiger partial charge in [-0.3, -0.25) is 9.78 Å². The van der Waals surface area contributed by atoms with Gasteiger partial charge in [-0.1, -0.05) is 24.3 Å². The number of rotatable bonds is 4. The monoisotopic (exact) mass is 258 g/mol. The molecule has 1 unspecified atom stereocenters. The minimum Gasteiger partial charge on any atom is -0.348 e. The molecule has 1 N–H and O–H groups in total. The van der Waals surface area contributed by atoms with E-state index in [1.54, 1.807) is 24.4 Å². The Labute approximate surface area is 111 Å². The molecule has 1 aromatic heterocycles. The van der Waals surface area contributed by atoms with E-state index < -0.39 is 0 Å². The summed E-state index contributed by atoms with van der Waals surface area (Å²) in [6.45, 7) is 1.85. The standard InChI is InChI=1S/C15H15FN2O/c1-11(14-8-4-5-9-17-14)18-15(19)10-12-6-2-3-7-13(12)16/h2-9,11H,10H2,1H3,(H,18,19). The summed E-state index contributed by atoms with van der Waals surface area (Å²) >= 11 is 0. The molecule has 1 atom stereocenters. The predicted octanol–water partition coefficient (Wildman–Crippen LogP) is 2.64. The zero-order valence-corrected chi connectivity index (χ0v) is 10.6. The molecule has 0 fully saturated rings. The van der Waals surface area contributed by atoms with Crippen LogP contribution in [0.25, 0.3) is 0 Å². The predicted molar refractivity (Wildman–Crippen MR) is 70.9 cm³/mol. The Bertz CT molecular complexity index is 557. The molecule has 0 saturated heterocycles. The minimum atomic E-state index is -0.358. The number of benzene rings is 1. The number of hydrogen-bond donors (Lipinski definition) is 1. The highest BCUT2D eigenvalue weighted by molar-refractivity contribution is 5.79. The van der Waals surface area contributed by atoms with Crippen molar-refractivity contribution < 1.29 is 9.18 Å². The molecule has 4 heteroatoms. The van der Waals surface area contributed by atoms with Crippen molar-refractivity contribution in [2.24, 2.45) is 0 Å². The van der Waals surface area contributed by atoms with Gasteiger partial charge in [-0.05, 0) is 30.7 Å². The summed E-state index contributed by atoms with van der Waals surface area (Å²) in [7, 11) is 0. The largest absolute Gasteiger partial charge is 0.348 e. The third-order valence-corrected chi connectivity index (χ3v) is 2.82. The van der Waals surface area contributed by atoms with Crippen LogP contribution in [0.4, 0.5) is 4.39 Å². The van der Waals surface area contributed by atoms with Gasteiger partial charge in [-0.15, -0.1) is 0 Å². The van der Waals surface area contributed by atoms with Crippen molar-refractivity contribution in [1.82, 2.24) is 10.3 Å². The van der Waals surface area contributed by atoms with E-state index in [0.29, 0.717) is 5.56 Å². The fourth-order valence-electron chi connectivity index (χ4n) is 1.81. The quantitative estimate of drug-likeness (QED) is 0.916. The first kappa shape index (κ1) is 13.2. The molecule has 1 heterocycles. The Morgan fingerprint density at radius 2 is 2.00 bits per heavy atom. The summed E-state index contributed by atoms with van der Waals surface area (Å²) in [5.74, 6) is -0.577. The number of halogens is 1. The molecule has 0 bridgehead atoms. The molecule has 0 radical (unpaired) electrons. The third-order valence-electron chi connectivity index (χ3n) is 2.82. The smallest absolute Gasteiger partial charge is 0.225 e. The van der Waals surface area contributed by atoms with Gasteiger partial charge in [0.05, 0.1) is 18.2 Å². The molecular formula is C15H15FN2O. The van der Waals surface area contributed by atoms with Crippen LogP contribution < -0.4 is 5.32 Å². The molecule has 0 aliphatic heterocycles. The first-order valence-corrected chi connectivity index (χ1v) is 6.10. The normalized spacial score (nSPS) is 11.9. The van der Waals surface area contributed by atoms with E-state index in [4.69, 9.17) is 0 Å². The molecule has 0 aliphatic rings. The molecule has 3 nitrogen and oxygen atoms in total. The average molecular weight is 258 g/mol. The Hall–Kier alpha value is -2.23. The second kappa shape index (κ2) is 6.09. The summed E-state index contributed by atoms with van der Waals surface area (Å²) in [6.07, 6.45) is 1.71. The van der Waals surface area contributed by atoms with Crippen LogP contribution in [0.1, 0.15) is 24.2 Å². The van der Waals surface area contributed by atoms with Crippen molar-refractivity contribution in [3.05, 3.63) is 65.7 Å². The van der Waals surface area contributed by atoms with E-state index in [9.17, 15) is 9.18 Å². The Kier molecular flexibility index (Phi) is 4.23. The maximum atomic E-state index is 13.4. The number of aromatic nitrogens is 1. The lowest BCUT2D eigenvalue weighted by Gasteiger charge is -2.13. The summed E-state index contributed by atoms with van der Waals surface area (Å²) in [6, 6.07) is 11.6. The second-order valence-electron chi connectivity index (χ2n) is 4.31. The van der Waals surface area contributed by atoms with Crippen molar-refractivity contribution in [2.45, 2.75) is 19.4 Å². The van der Waals surface area contributed by atoms with Crippen LogP contribution in [0, 0.1) is 5.82 Å². The molecule has 2 aromatic rings. The van der Waals surface area contributed by atoms with Gasteiger partial charge in [0.15, 0.2) is 0 Å². The van der Waals surface area contributed by atoms with Crippen LogP contribution in [-0.4, -0.2) is 10.9 Å². The second-order valence-corrected chi connectivity index (χ2v) is 4.31. The van der Waals surface area contributed by atoms with Gasteiger partial charge >= 0.3 is 0 Å². The average Bonchev–Trinajstić information content (AvgIpc) is 2.42. The van der Waals surface area contributed by atoms with Crippen molar-refractivity contribution in [3.63, 3.8) is 0 Å². The number of carbonyl (C=O) groups is 1. The summed E-state index contributed by atoms with van der Waals surface area (Å²) < 4.78 is 13.4. The van der Waals surface area contributed by atoms with E-state index in [-0.39, 0.29) is 24.2 Å². The number of nitrogens with one attached hydrogen (secondary N) is 1. The SMILES string of the molecule is CC(NC(=O)Cc1ccccc1F)c1ccccn1. The fraction of sp³-hybridized carbons (Fsp3) is 0.200. The van der Waals surface area contributed by atoms with Crippen molar-refractivity contribution in [3.8, 4) is 0 Å². The highest BCUT2D eigenvalue weighted by Gasteiger charge is 2.12. The lowest BCUT2D eigenvalue weighted by molar-refractivity contribution is -0.121.